The van der Waals surface area contributed by atoms with E-state index < -0.39 is 12.2 Å². The van der Waals surface area contributed by atoms with Gasteiger partial charge in [0.25, 0.3) is 0 Å². The van der Waals surface area contributed by atoms with Gasteiger partial charge in [-0.05, 0) is 32.4 Å². The second-order valence-electron chi connectivity index (χ2n) is 7.27. The molecule has 142 valence electrons. The molecule has 6 heteroatoms. The number of ether oxygens (including phenoxy) is 1. The number of rotatable bonds is 4. The molecule has 6 nitrogen and oxygen atoms in total. The highest BCUT2D eigenvalue weighted by atomic mass is 16.5. The average Bonchev–Trinajstić information content (AvgIpc) is 2.99. The number of anilines is 1. The number of aliphatic hydroxyl groups is 2. The summed E-state index contributed by atoms with van der Waals surface area (Å²) in [7, 11) is 0. The summed E-state index contributed by atoms with van der Waals surface area (Å²) in [6, 6.07) is 11.5. The molecule has 0 radical (unpaired) electrons. The van der Waals surface area contributed by atoms with Gasteiger partial charge in [-0.3, -0.25) is 4.40 Å². The van der Waals surface area contributed by atoms with Gasteiger partial charge in [0, 0.05) is 11.8 Å². The predicted octanol–water partition coefficient (Wildman–Crippen LogP) is 3.13. The monoisotopic (exact) mass is 367 g/mol. The Labute approximate surface area is 158 Å². The van der Waals surface area contributed by atoms with E-state index in [0.29, 0.717) is 0 Å². The molecule has 0 fully saturated rings. The molecule has 4 rings (SSSR count). The van der Waals surface area contributed by atoms with Crippen molar-refractivity contribution in [3.05, 3.63) is 65.1 Å². The molecule has 1 aliphatic rings. The maximum atomic E-state index is 11.1. The summed E-state index contributed by atoms with van der Waals surface area (Å²) < 4.78 is 8.01. The van der Waals surface area contributed by atoms with Crippen LogP contribution in [0.2, 0.25) is 0 Å². The van der Waals surface area contributed by atoms with Crippen LogP contribution in [0.15, 0.2) is 42.6 Å². The molecule has 3 atom stereocenters. The van der Waals surface area contributed by atoms with Gasteiger partial charge >= 0.3 is 0 Å². The number of nitrogens with zero attached hydrogens (tertiary/aromatic N) is 2. The normalized spacial score (nSPS) is 22.1. The van der Waals surface area contributed by atoms with E-state index in [9.17, 15) is 10.2 Å². The minimum Gasteiger partial charge on any atom is -0.390 e. The van der Waals surface area contributed by atoms with E-state index in [0.717, 1.165) is 33.8 Å². The molecule has 3 N–H and O–H groups in total. The lowest BCUT2D eigenvalue weighted by Crippen LogP contribution is -2.38. The second kappa shape index (κ2) is 6.96. The van der Waals surface area contributed by atoms with Gasteiger partial charge in [-0.1, -0.05) is 30.3 Å². The minimum absolute atomic E-state index is 0.0299. The van der Waals surface area contributed by atoms with Crippen LogP contribution in [0.5, 0.6) is 0 Å². The SMILES string of the molecule is Cc1nc2c3c(ccn2c1CO)[C@@H](OC(C)C)[C@H](O)[C@@H](c1ccccc1)N3. The summed E-state index contributed by atoms with van der Waals surface area (Å²) in [4.78, 5) is 4.67. The summed E-state index contributed by atoms with van der Waals surface area (Å²) >= 11 is 0. The third kappa shape index (κ3) is 3.00. The van der Waals surface area contributed by atoms with E-state index in [1.807, 2.05) is 67.8 Å². The van der Waals surface area contributed by atoms with Crippen molar-refractivity contribution in [2.45, 2.75) is 51.7 Å². The number of nitrogens with one attached hydrogen (secondary N) is 1. The fourth-order valence-electron chi connectivity index (χ4n) is 3.85. The Hall–Kier alpha value is -2.41. The number of benzene rings is 1. The zero-order chi connectivity index (χ0) is 19.1. The molecule has 0 saturated carbocycles. The second-order valence-corrected chi connectivity index (χ2v) is 7.27. The molecule has 0 spiro atoms. The smallest absolute Gasteiger partial charge is 0.161 e. The Morgan fingerprint density at radius 1 is 1.22 bits per heavy atom. The zero-order valence-corrected chi connectivity index (χ0v) is 15.8. The van der Waals surface area contributed by atoms with E-state index in [4.69, 9.17) is 4.74 Å². The lowest BCUT2D eigenvalue weighted by molar-refractivity contribution is -0.0766. The van der Waals surface area contributed by atoms with Crippen LogP contribution < -0.4 is 5.32 Å². The van der Waals surface area contributed by atoms with Crippen molar-refractivity contribution in [3.8, 4) is 0 Å². The van der Waals surface area contributed by atoms with Crippen LogP contribution in [0.4, 0.5) is 5.69 Å². The topological polar surface area (TPSA) is 79.0 Å². The average molecular weight is 367 g/mol. The van der Waals surface area contributed by atoms with E-state index in [1.165, 1.54) is 0 Å². The molecule has 3 aromatic rings. The van der Waals surface area contributed by atoms with Crippen LogP contribution in [-0.4, -0.2) is 31.8 Å². The van der Waals surface area contributed by atoms with Crippen molar-refractivity contribution in [2.75, 3.05) is 5.32 Å². The van der Waals surface area contributed by atoms with Gasteiger partial charge in [0.05, 0.1) is 35.8 Å². The molecular weight excluding hydrogens is 342 g/mol. The van der Waals surface area contributed by atoms with E-state index in [-0.39, 0.29) is 18.8 Å². The Kier molecular flexibility index (Phi) is 4.63. The van der Waals surface area contributed by atoms with E-state index in [2.05, 4.69) is 10.3 Å². The first-order valence-electron chi connectivity index (χ1n) is 9.27. The molecule has 0 unspecified atom stereocenters. The number of fused-ring (bicyclic) bond motifs is 3. The molecule has 2 aromatic heterocycles. The number of hydrogen-bond donors (Lipinski definition) is 3. The van der Waals surface area contributed by atoms with Gasteiger partial charge in [0.15, 0.2) is 5.65 Å². The van der Waals surface area contributed by atoms with E-state index in [1.54, 1.807) is 0 Å². The predicted molar refractivity (Wildman–Crippen MR) is 104 cm³/mol. The quantitative estimate of drug-likeness (QED) is 0.660. The number of aliphatic hydroxyl groups excluding tert-OH is 2. The fraction of sp³-hybridized carbons (Fsp3) is 0.381. The molecule has 3 heterocycles. The van der Waals surface area contributed by atoms with Crippen molar-refractivity contribution < 1.29 is 14.9 Å². The Balaban J connectivity index is 1.90. The van der Waals surface area contributed by atoms with Crippen molar-refractivity contribution in [2.24, 2.45) is 0 Å². The summed E-state index contributed by atoms with van der Waals surface area (Å²) in [6.07, 6.45) is 0.648. The molecule has 27 heavy (non-hydrogen) atoms. The summed E-state index contributed by atoms with van der Waals surface area (Å²) in [5.41, 5.74) is 4.99. The number of hydrogen-bond acceptors (Lipinski definition) is 5. The van der Waals surface area contributed by atoms with Crippen LogP contribution in [-0.2, 0) is 11.3 Å². The van der Waals surface area contributed by atoms with Crippen LogP contribution in [0.25, 0.3) is 5.65 Å². The maximum absolute atomic E-state index is 11.1. The van der Waals surface area contributed by atoms with Gasteiger partial charge < -0.3 is 20.3 Å². The van der Waals surface area contributed by atoms with Crippen LogP contribution in [0.3, 0.4) is 0 Å². The van der Waals surface area contributed by atoms with Gasteiger partial charge in [-0.2, -0.15) is 0 Å². The molecule has 0 amide bonds. The highest BCUT2D eigenvalue weighted by Gasteiger charge is 2.39. The largest absolute Gasteiger partial charge is 0.390 e. The van der Waals surface area contributed by atoms with Crippen molar-refractivity contribution >= 4 is 11.3 Å². The van der Waals surface area contributed by atoms with Gasteiger partial charge in [0.1, 0.15) is 12.2 Å². The number of aryl methyl sites for hydroxylation is 1. The summed E-state index contributed by atoms with van der Waals surface area (Å²) in [5, 5.41) is 24.3. The molecule has 0 aliphatic carbocycles. The lowest BCUT2D eigenvalue weighted by Gasteiger charge is -2.38. The summed E-state index contributed by atoms with van der Waals surface area (Å²) in [6.45, 7) is 5.74. The molecule has 0 bridgehead atoms. The lowest BCUT2D eigenvalue weighted by atomic mass is 9.89. The fourth-order valence-corrected chi connectivity index (χ4v) is 3.85. The Bertz CT molecular complexity index is 952. The van der Waals surface area contributed by atoms with Crippen molar-refractivity contribution in [1.82, 2.24) is 9.38 Å². The first kappa shape index (κ1) is 18.0. The third-order valence-electron chi connectivity index (χ3n) is 5.11. The highest BCUT2D eigenvalue weighted by Crippen LogP contribution is 2.43. The number of imidazole rings is 1. The maximum Gasteiger partial charge on any atom is 0.161 e. The molecular formula is C21H25N3O3. The third-order valence-corrected chi connectivity index (χ3v) is 5.11. The van der Waals surface area contributed by atoms with Crippen LogP contribution in [0, 0.1) is 6.92 Å². The molecule has 0 saturated heterocycles. The minimum atomic E-state index is -0.738. The number of pyridine rings is 1. The van der Waals surface area contributed by atoms with Crippen LogP contribution >= 0.6 is 0 Å². The van der Waals surface area contributed by atoms with Gasteiger partial charge in [0.2, 0.25) is 0 Å². The first-order valence-corrected chi connectivity index (χ1v) is 9.27. The highest BCUT2D eigenvalue weighted by molar-refractivity contribution is 5.75. The first-order chi connectivity index (χ1) is 13.0. The summed E-state index contributed by atoms with van der Waals surface area (Å²) in [5.74, 6) is 0. The van der Waals surface area contributed by atoms with Crippen molar-refractivity contribution in [3.63, 3.8) is 0 Å². The van der Waals surface area contributed by atoms with Crippen LogP contribution in [0.1, 0.15) is 48.5 Å². The van der Waals surface area contributed by atoms with E-state index >= 15 is 0 Å². The standard InChI is InChI=1S/C21H25N3O3/c1-12(2)27-20-15-9-10-24-16(11-25)13(3)22-21(24)18(15)23-17(19(20)26)14-7-5-4-6-8-14/h4-10,12,17,19-20,23,25-26H,11H2,1-3H3/t17-,19-,20-/m1/s1. The van der Waals surface area contributed by atoms with Crippen molar-refractivity contribution in [1.29, 1.82) is 0 Å². The molecule has 1 aromatic carbocycles. The Morgan fingerprint density at radius 2 is 1.96 bits per heavy atom. The zero-order valence-electron chi connectivity index (χ0n) is 15.8. The van der Waals surface area contributed by atoms with Gasteiger partial charge in [-0.25, -0.2) is 4.98 Å². The molecule has 1 aliphatic heterocycles. The Morgan fingerprint density at radius 3 is 2.63 bits per heavy atom. The van der Waals surface area contributed by atoms with Gasteiger partial charge in [-0.15, -0.1) is 0 Å². The number of aromatic nitrogens is 2.